The highest BCUT2D eigenvalue weighted by Crippen LogP contribution is 2.43. The van der Waals surface area contributed by atoms with Crippen molar-refractivity contribution < 1.29 is 4.79 Å². The van der Waals surface area contributed by atoms with Gasteiger partial charge in [0.15, 0.2) is 0 Å². The summed E-state index contributed by atoms with van der Waals surface area (Å²) < 4.78 is 1.04. The normalized spacial score (nSPS) is 20.4. The fraction of sp³-hybridized carbons (Fsp3) is 0.214. The average molecular weight is 335 g/mol. The number of halogens is 1. The zero-order valence-corrected chi connectivity index (χ0v) is 12.4. The number of carbonyl (C=O) groups is 1. The molecule has 1 unspecified atom stereocenters. The maximum Gasteiger partial charge on any atom is 0.251 e. The summed E-state index contributed by atoms with van der Waals surface area (Å²) in [7, 11) is 0. The molecule has 1 N–H and O–H groups in total. The van der Waals surface area contributed by atoms with E-state index in [1.54, 1.807) is 11.3 Å². The summed E-state index contributed by atoms with van der Waals surface area (Å²) in [6.45, 7) is 0.898. The summed E-state index contributed by atoms with van der Waals surface area (Å²) in [6, 6.07) is 7.91. The molecule has 1 aromatic carbocycles. The van der Waals surface area contributed by atoms with Crippen LogP contribution in [0, 0.1) is 0 Å². The molecule has 0 aliphatic carbocycles. The Balaban J connectivity index is 1.89. The third kappa shape index (κ3) is 1.65. The highest BCUT2D eigenvalue weighted by Gasteiger charge is 2.38. The number of rotatable bonds is 0. The largest absolute Gasteiger partial charge is 0.354 e. The highest BCUT2D eigenvalue weighted by molar-refractivity contribution is 9.10. The molecule has 0 saturated carbocycles. The third-order valence-corrected chi connectivity index (χ3v) is 5.23. The SMILES string of the molecule is O=C1Nc2ccc(Br)cc2N2CCc3sccc3C12. The van der Waals surface area contributed by atoms with Crippen LogP contribution in [0.1, 0.15) is 16.5 Å². The molecule has 1 atom stereocenters. The molecule has 19 heavy (non-hydrogen) atoms. The molecule has 1 aromatic heterocycles. The summed E-state index contributed by atoms with van der Waals surface area (Å²) in [4.78, 5) is 15.9. The second-order valence-electron chi connectivity index (χ2n) is 4.80. The minimum Gasteiger partial charge on any atom is -0.354 e. The molecule has 2 aliphatic heterocycles. The molecule has 2 aliphatic rings. The maximum atomic E-state index is 12.4. The number of benzene rings is 1. The number of amides is 1. The molecule has 0 bridgehead atoms. The molecular formula is C14H11BrN2OS. The van der Waals surface area contributed by atoms with Crippen LogP contribution < -0.4 is 10.2 Å². The van der Waals surface area contributed by atoms with Crippen LogP contribution in [0.4, 0.5) is 11.4 Å². The number of anilines is 2. The van der Waals surface area contributed by atoms with Crippen LogP contribution in [0.5, 0.6) is 0 Å². The van der Waals surface area contributed by atoms with E-state index in [1.165, 1.54) is 10.4 Å². The highest BCUT2D eigenvalue weighted by atomic mass is 79.9. The van der Waals surface area contributed by atoms with Gasteiger partial charge < -0.3 is 10.2 Å². The van der Waals surface area contributed by atoms with Gasteiger partial charge in [-0.15, -0.1) is 11.3 Å². The van der Waals surface area contributed by atoms with Gasteiger partial charge in [-0.2, -0.15) is 0 Å². The van der Waals surface area contributed by atoms with Gasteiger partial charge >= 0.3 is 0 Å². The smallest absolute Gasteiger partial charge is 0.251 e. The molecule has 3 heterocycles. The Morgan fingerprint density at radius 2 is 2.26 bits per heavy atom. The van der Waals surface area contributed by atoms with Crippen molar-refractivity contribution in [2.75, 3.05) is 16.8 Å². The van der Waals surface area contributed by atoms with Crippen molar-refractivity contribution in [3.63, 3.8) is 0 Å². The Morgan fingerprint density at radius 3 is 3.16 bits per heavy atom. The van der Waals surface area contributed by atoms with Crippen molar-refractivity contribution in [3.8, 4) is 0 Å². The topological polar surface area (TPSA) is 32.3 Å². The van der Waals surface area contributed by atoms with Gasteiger partial charge in [-0.3, -0.25) is 4.79 Å². The molecule has 0 saturated heterocycles. The van der Waals surface area contributed by atoms with E-state index in [1.807, 2.05) is 12.1 Å². The van der Waals surface area contributed by atoms with Gasteiger partial charge in [-0.05, 0) is 41.6 Å². The van der Waals surface area contributed by atoms with Crippen LogP contribution in [-0.4, -0.2) is 12.5 Å². The lowest BCUT2D eigenvalue weighted by molar-refractivity contribution is -0.117. The van der Waals surface area contributed by atoms with Crippen molar-refractivity contribution in [1.82, 2.24) is 0 Å². The molecule has 1 amide bonds. The minimum atomic E-state index is -0.170. The molecule has 2 aromatic rings. The lowest BCUT2D eigenvalue weighted by Crippen LogP contribution is -2.45. The number of fused-ring (bicyclic) bond motifs is 5. The summed E-state index contributed by atoms with van der Waals surface area (Å²) in [6.07, 6.45) is 1.02. The Labute approximate surface area is 123 Å². The summed E-state index contributed by atoms with van der Waals surface area (Å²) in [5.74, 6) is 0.0779. The standard InChI is InChI=1S/C14H11BrN2OS/c15-8-1-2-10-11(7-8)17-5-3-12-9(4-6-19-12)13(17)14(18)16-10/h1-2,4,6-7,13H,3,5H2,(H,16,18). The van der Waals surface area contributed by atoms with Crippen LogP contribution in [0.25, 0.3) is 0 Å². The predicted molar refractivity (Wildman–Crippen MR) is 80.9 cm³/mol. The Kier molecular flexibility index (Phi) is 2.47. The minimum absolute atomic E-state index is 0.0779. The first-order valence-electron chi connectivity index (χ1n) is 6.17. The van der Waals surface area contributed by atoms with Gasteiger partial charge in [-0.25, -0.2) is 0 Å². The van der Waals surface area contributed by atoms with Crippen molar-refractivity contribution >= 4 is 44.5 Å². The first-order chi connectivity index (χ1) is 9.24. The predicted octanol–water partition coefficient (Wildman–Crippen LogP) is 3.57. The van der Waals surface area contributed by atoms with E-state index < -0.39 is 0 Å². The van der Waals surface area contributed by atoms with E-state index in [0.717, 1.165) is 28.8 Å². The Bertz CT molecular complexity index is 682. The van der Waals surface area contributed by atoms with E-state index in [2.05, 4.69) is 43.7 Å². The second-order valence-corrected chi connectivity index (χ2v) is 6.71. The van der Waals surface area contributed by atoms with Crippen molar-refractivity contribution in [1.29, 1.82) is 0 Å². The monoisotopic (exact) mass is 334 g/mol. The van der Waals surface area contributed by atoms with Crippen molar-refractivity contribution in [2.24, 2.45) is 0 Å². The molecule has 0 spiro atoms. The van der Waals surface area contributed by atoms with Gasteiger partial charge in [0.25, 0.3) is 5.91 Å². The zero-order chi connectivity index (χ0) is 13.0. The molecule has 4 rings (SSSR count). The average Bonchev–Trinajstić information content (AvgIpc) is 2.87. The molecule has 0 radical (unpaired) electrons. The molecular weight excluding hydrogens is 324 g/mol. The maximum absolute atomic E-state index is 12.4. The fourth-order valence-corrected chi connectivity index (χ4v) is 4.16. The van der Waals surface area contributed by atoms with Gasteiger partial charge in [-0.1, -0.05) is 15.9 Å². The summed E-state index contributed by atoms with van der Waals surface area (Å²) in [5.41, 5.74) is 3.18. The van der Waals surface area contributed by atoms with Gasteiger partial charge in [0.1, 0.15) is 6.04 Å². The van der Waals surface area contributed by atoms with Crippen LogP contribution >= 0.6 is 27.3 Å². The van der Waals surface area contributed by atoms with E-state index in [9.17, 15) is 4.79 Å². The van der Waals surface area contributed by atoms with Crippen LogP contribution in [0.3, 0.4) is 0 Å². The van der Waals surface area contributed by atoms with Crippen LogP contribution in [-0.2, 0) is 11.2 Å². The fourth-order valence-electron chi connectivity index (χ4n) is 2.91. The van der Waals surface area contributed by atoms with Gasteiger partial charge in [0, 0.05) is 15.9 Å². The van der Waals surface area contributed by atoms with Gasteiger partial charge in [0.2, 0.25) is 0 Å². The lowest BCUT2D eigenvalue weighted by atomic mass is 9.96. The first-order valence-corrected chi connectivity index (χ1v) is 7.84. The summed E-state index contributed by atoms with van der Waals surface area (Å²) in [5, 5.41) is 5.10. The summed E-state index contributed by atoms with van der Waals surface area (Å²) >= 11 is 5.26. The first kappa shape index (κ1) is 11.5. The van der Waals surface area contributed by atoms with Gasteiger partial charge in [0.05, 0.1) is 11.4 Å². The van der Waals surface area contributed by atoms with Crippen molar-refractivity contribution in [3.05, 3.63) is 44.6 Å². The lowest BCUT2D eigenvalue weighted by Gasteiger charge is -2.41. The van der Waals surface area contributed by atoms with Crippen molar-refractivity contribution in [2.45, 2.75) is 12.5 Å². The molecule has 3 nitrogen and oxygen atoms in total. The van der Waals surface area contributed by atoms with Crippen LogP contribution in [0.15, 0.2) is 34.1 Å². The molecule has 0 fully saturated rings. The molecule has 96 valence electrons. The zero-order valence-electron chi connectivity index (χ0n) is 10.0. The van der Waals surface area contributed by atoms with E-state index in [4.69, 9.17) is 0 Å². The van der Waals surface area contributed by atoms with Crippen LogP contribution in [0.2, 0.25) is 0 Å². The number of nitrogens with one attached hydrogen (secondary N) is 1. The second kappa shape index (κ2) is 4.08. The number of carbonyl (C=O) groups excluding carboxylic acids is 1. The van der Waals surface area contributed by atoms with E-state index in [-0.39, 0.29) is 11.9 Å². The number of hydrogen-bond acceptors (Lipinski definition) is 3. The number of thiophene rings is 1. The quantitative estimate of drug-likeness (QED) is 0.798. The Hall–Kier alpha value is -1.33. The molecule has 5 heteroatoms. The van der Waals surface area contributed by atoms with E-state index >= 15 is 0 Å². The number of nitrogens with zero attached hydrogens (tertiary/aromatic N) is 1. The third-order valence-electron chi connectivity index (χ3n) is 3.74. The number of hydrogen-bond donors (Lipinski definition) is 1. The Morgan fingerprint density at radius 1 is 1.37 bits per heavy atom. The van der Waals surface area contributed by atoms with E-state index in [0.29, 0.717) is 0 Å².